The number of carbonyl (C=O) groups is 1. The molecule has 174 valence electrons. The van der Waals surface area contributed by atoms with Crippen molar-refractivity contribution in [1.82, 2.24) is 29.2 Å². The van der Waals surface area contributed by atoms with E-state index < -0.39 is 6.43 Å². The van der Waals surface area contributed by atoms with Gasteiger partial charge in [0.2, 0.25) is 5.91 Å². The highest BCUT2D eigenvalue weighted by Gasteiger charge is 2.38. The van der Waals surface area contributed by atoms with Gasteiger partial charge < -0.3 is 9.47 Å². The van der Waals surface area contributed by atoms with Crippen molar-refractivity contribution in [2.75, 3.05) is 7.05 Å². The number of rotatable bonds is 4. The second kappa shape index (κ2) is 7.44. The molecule has 6 rings (SSSR count). The van der Waals surface area contributed by atoms with Crippen LogP contribution in [-0.2, 0) is 18.4 Å². The van der Waals surface area contributed by atoms with E-state index in [2.05, 4.69) is 14.6 Å². The van der Waals surface area contributed by atoms with Gasteiger partial charge in [-0.2, -0.15) is 5.10 Å². The maximum atomic E-state index is 14.2. The Bertz CT molecular complexity index is 1450. The molecule has 1 aliphatic heterocycles. The Morgan fingerprint density at radius 2 is 1.88 bits per heavy atom. The topological polar surface area (TPSA) is 68.8 Å². The molecule has 0 N–H and O–H groups in total. The summed E-state index contributed by atoms with van der Waals surface area (Å²) in [5.74, 6) is 1.31. The van der Waals surface area contributed by atoms with Crippen molar-refractivity contribution >= 4 is 16.8 Å². The fourth-order valence-corrected chi connectivity index (χ4v) is 4.98. The molecule has 1 atom stereocenters. The molecule has 0 radical (unpaired) electrons. The number of imidazole rings is 1. The number of pyridine rings is 1. The minimum absolute atomic E-state index is 0.0536. The summed E-state index contributed by atoms with van der Waals surface area (Å²) in [4.78, 5) is 24.0. The van der Waals surface area contributed by atoms with E-state index in [4.69, 9.17) is 4.98 Å². The fraction of sp³-hybridized carbons (Fsp3) is 0.360. The average molecular weight is 463 g/mol. The quantitative estimate of drug-likeness (QED) is 0.435. The summed E-state index contributed by atoms with van der Waals surface area (Å²) >= 11 is 0. The van der Waals surface area contributed by atoms with Crippen molar-refractivity contribution in [2.45, 2.75) is 44.7 Å². The fourth-order valence-electron chi connectivity index (χ4n) is 4.98. The van der Waals surface area contributed by atoms with Gasteiger partial charge in [-0.25, -0.2) is 18.7 Å². The molecular formula is C25H24F2N6O. The van der Waals surface area contributed by atoms with Gasteiger partial charge in [0.1, 0.15) is 23.3 Å². The summed E-state index contributed by atoms with van der Waals surface area (Å²) in [6.07, 6.45) is 1.10. The molecule has 1 aliphatic carbocycles. The van der Waals surface area contributed by atoms with Crippen LogP contribution in [0.1, 0.15) is 55.2 Å². The Labute approximate surface area is 195 Å². The van der Waals surface area contributed by atoms with Crippen LogP contribution in [0.15, 0.2) is 36.5 Å². The van der Waals surface area contributed by atoms with Crippen molar-refractivity contribution in [3.8, 4) is 22.6 Å². The number of aromatic nitrogens is 5. The standard InChI is InChI=1S/C25H24F2N6O/c1-13-25(34)31(2)12-20-22(29-24(33(13)20)14-7-8-14)15-5-4-6-18-16(15)11-17(23(26)27)21(28-18)19-9-10-32(3)30-19/h4-6,9-11,13-14,23H,7-8,12H2,1-3H3. The number of benzene rings is 1. The molecule has 1 unspecified atom stereocenters. The Balaban J connectivity index is 1.59. The summed E-state index contributed by atoms with van der Waals surface area (Å²) in [5.41, 5.74) is 3.48. The summed E-state index contributed by atoms with van der Waals surface area (Å²) < 4.78 is 32.0. The molecule has 0 saturated heterocycles. The van der Waals surface area contributed by atoms with E-state index in [1.165, 1.54) is 6.07 Å². The largest absolute Gasteiger partial charge is 0.338 e. The zero-order chi connectivity index (χ0) is 23.7. The zero-order valence-electron chi connectivity index (χ0n) is 19.2. The second-order valence-corrected chi connectivity index (χ2v) is 9.25. The van der Waals surface area contributed by atoms with Gasteiger partial charge in [-0.3, -0.25) is 9.48 Å². The number of fused-ring (bicyclic) bond motifs is 2. The number of amides is 1. The lowest BCUT2D eigenvalue weighted by Crippen LogP contribution is -2.39. The van der Waals surface area contributed by atoms with Gasteiger partial charge in [0, 0.05) is 42.7 Å². The highest BCUT2D eigenvalue weighted by molar-refractivity contribution is 5.96. The van der Waals surface area contributed by atoms with E-state index in [9.17, 15) is 13.6 Å². The Morgan fingerprint density at radius 1 is 1.09 bits per heavy atom. The minimum Gasteiger partial charge on any atom is -0.338 e. The maximum absolute atomic E-state index is 14.2. The van der Waals surface area contributed by atoms with Crippen molar-refractivity contribution in [2.24, 2.45) is 7.05 Å². The molecule has 4 heterocycles. The highest BCUT2D eigenvalue weighted by Crippen LogP contribution is 2.45. The summed E-state index contributed by atoms with van der Waals surface area (Å²) in [5, 5.41) is 4.91. The predicted octanol–water partition coefficient (Wildman–Crippen LogP) is 4.85. The Kier molecular flexibility index (Phi) is 4.59. The van der Waals surface area contributed by atoms with Gasteiger partial charge in [-0.1, -0.05) is 12.1 Å². The maximum Gasteiger partial charge on any atom is 0.266 e. The average Bonchev–Trinajstić information content (AvgIpc) is 3.46. The van der Waals surface area contributed by atoms with Gasteiger partial charge in [-0.05, 0) is 38.0 Å². The molecule has 1 saturated carbocycles. The van der Waals surface area contributed by atoms with E-state index in [-0.39, 0.29) is 23.2 Å². The third kappa shape index (κ3) is 3.13. The van der Waals surface area contributed by atoms with Gasteiger partial charge in [0.05, 0.1) is 23.4 Å². The minimum atomic E-state index is -2.70. The molecule has 0 bridgehead atoms. The van der Waals surface area contributed by atoms with Crippen LogP contribution < -0.4 is 0 Å². The van der Waals surface area contributed by atoms with Crippen LogP contribution in [0.3, 0.4) is 0 Å². The van der Waals surface area contributed by atoms with Crippen molar-refractivity contribution in [3.63, 3.8) is 0 Å². The molecule has 1 fully saturated rings. The summed E-state index contributed by atoms with van der Waals surface area (Å²) in [6, 6.07) is 8.47. The predicted molar refractivity (Wildman–Crippen MR) is 123 cm³/mol. The molecule has 0 spiro atoms. The Hall–Kier alpha value is -3.62. The number of aryl methyl sites for hydroxylation is 1. The van der Waals surface area contributed by atoms with Crippen LogP contribution in [0.5, 0.6) is 0 Å². The number of nitrogens with zero attached hydrogens (tertiary/aromatic N) is 6. The molecule has 9 heteroatoms. The lowest BCUT2D eigenvalue weighted by atomic mass is 9.99. The SMILES string of the molecule is CC1C(=O)N(C)Cc2c(-c3cccc4nc(-c5ccn(C)n5)c(C(F)F)cc34)nc(C3CC3)n21. The van der Waals surface area contributed by atoms with Crippen LogP contribution in [0.2, 0.25) is 0 Å². The molecule has 7 nitrogen and oxygen atoms in total. The van der Waals surface area contributed by atoms with Crippen LogP contribution in [0, 0.1) is 0 Å². The van der Waals surface area contributed by atoms with E-state index >= 15 is 0 Å². The number of halogens is 2. The van der Waals surface area contributed by atoms with Crippen LogP contribution in [-0.4, -0.2) is 42.2 Å². The lowest BCUT2D eigenvalue weighted by Gasteiger charge is -2.31. The van der Waals surface area contributed by atoms with E-state index in [0.717, 1.165) is 35.6 Å². The molecule has 1 aromatic carbocycles. The van der Waals surface area contributed by atoms with Gasteiger partial charge in [0.15, 0.2) is 0 Å². The number of hydrogen-bond acceptors (Lipinski definition) is 4. The van der Waals surface area contributed by atoms with E-state index in [1.54, 1.807) is 35.9 Å². The third-order valence-corrected chi connectivity index (χ3v) is 6.82. The first kappa shape index (κ1) is 20.9. The molecule has 3 aromatic heterocycles. The van der Waals surface area contributed by atoms with Crippen molar-refractivity contribution < 1.29 is 13.6 Å². The molecule has 1 amide bonds. The molecular weight excluding hydrogens is 438 g/mol. The van der Waals surface area contributed by atoms with E-state index in [1.807, 2.05) is 25.1 Å². The molecule has 2 aliphatic rings. The van der Waals surface area contributed by atoms with Crippen molar-refractivity contribution in [1.29, 1.82) is 0 Å². The second-order valence-electron chi connectivity index (χ2n) is 9.25. The number of likely N-dealkylation sites (N-methyl/N-ethyl adjacent to an activating group) is 1. The first-order valence-corrected chi connectivity index (χ1v) is 11.4. The summed E-state index contributed by atoms with van der Waals surface area (Å²) in [6.45, 7) is 2.33. The highest BCUT2D eigenvalue weighted by atomic mass is 19.3. The number of alkyl halides is 2. The number of carbonyl (C=O) groups excluding carboxylic acids is 1. The number of hydrogen-bond donors (Lipinski definition) is 0. The van der Waals surface area contributed by atoms with Gasteiger partial charge in [0.25, 0.3) is 6.43 Å². The monoisotopic (exact) mass is 462 g/mol. The molecule has 34 heavy (non-hydrogen) atoms. The first-order chi connectivity index (χ1) is 16.3. The van der Waals surface area contributed by atoms with Gasteiger partial charge >= 0.3 is 0 Å². The zero-order valence-corrected chi connectivity index (χ0v) is 19.2. The van der Waals surface area contributed by atoms with E-state index in [0.29, 0.717) is 29.1 Å². The van der Waals surface area contributed by atoms with Crippen LogP contribution in [0.25, 0.3) is 33.5 Å². The first-order valence-electron chi connectivity index (χ1n) is 11.4. The molecule has 4 aromatic rings. The van der Waals surface area contributed by atoms with Crippen LogP contribution >= 0.6 is 0 Å². The third-order valence-electron chi connectivity index (χ3n) is 6.82. The smallest absolute Gasteiger partial charge is 0.266 e. The van der Waals surface area contributed by atoms with Crippen LogP contribution in [0.4, 0.5) is 8.78 Å². The normalized spacial score (nSPS) is 18.2. The summed E-state index contributed by atoms with van der Waals surface area (Å²) in [7, 11) is 3.53. The van der Waals surface area contributed by atoms with Gasteiger partial charge in [-0.15, -0.1) is 0 Å². The van der Waals surface area contributed by atoms with Crippen molar-refractivity contribution in [3.05, 3.63) is 53.6 Å². The Morgan fingerprint density at radius 3 is 2.56 bits per heavy atom. The lowest BCUT2D eigenvalue weighted by molar-refractivity contribution is -0.135.